The number of para-hydroxylation sites is 1. The number of rotatable bonds is 4. The van der Waals surface area contributed by atoms with Gasteiger partial charge in [-0.25, -0.2) is 9.67 Å². The molecule has 0 saturated carbocycles. The number of pyridine rings is 1. The standard InChI is InChI=1S/C24H16F3N3OS/c1-31-17-11-9-15(10-12-17)22-21-18(19-8-5-13-32-19)14-20(24(25,26)27)28-23(21)30(29-22)16-6-3-2-4-7-16/h2-14H,1H3. The van der Waals surface area contributed by atoms with Crippen LogP contribution in [0.25, 0.3) is 38.4 Å². The zero-order valence-electron chi connectivity index (χ0n) is 16.8. The summed E-state index contributed by atoms with van der Waals surface area (Å²) in [4.78, 5) is 4.74. The molecular weight excluding hydrogens is 435 g/mol. The van der Waals surface area contributed by atoms with Crippen molar-refractivity contribution in [3.8, 4) is 33.1 Å². The van der Waals surface area contributed by atoms with Gasteiger partial charge < -0.3 is 4.74 Å². The molecule has 0 unspecified atom stereocenters. The highest BCUT2D eigenvalue weighted by atomic mass is 32.1. The molecule has 0 aliphatic rings. The van der Waals surface area contributed by atoms with Gasteiger partial charge in [-0.05, 0) is 53.9 Å². The van der Waals surface area contributed by atoms with Gasteiger partial charge in [0.05, 0.1) is 18.2 Å². The fraction of sp³-hybridized carbons (Fsp3) is 0.0833. The predicted molar refractivity (Wildman–Crippen MR) is 119 cm³/mol. The first-order chi connectivity index (χ1) is 15.5. The summed E-state index contributed by atoms with van der Waals surface area (Å²) < 4.78 is 48.1. The summed E-state index contributed by atoms with van der Waals surface area (Å²) in [6.45, 7) is 0. The van der Waals surface area contributed by atoms with Gasteiger partial charge in [-0.15, -0.1) is 11.3 Å². The number of thiophene rings is 1. The molecule has 32 heavy (non-hydrogen) atoms. The molecule has 3 heterocycles. The van der Waals surface area contributed by atoms with Crippen molar-refractivity contribution in [3.63, 3.8) is 0 Å². The smallest absolute Gasteiger partial charge is 0.433 e. The fourth-order valence-electron chi connectivity index (χ4n) is 3.59. The van der Waals surface area contributed by atoms with E-state index in [0.717, 1.165) is 11.6 Å². The highest BCUT2D eigenvalue weighted by Crippen LogP contribution is 2.41. The van der Waals surface area contributed by atoms with E-state index in [1.54, 1.807) is 37.4 Å². The second kappa shape index (κ2) is 7.80. The largest absolute Gasteiger partial charge is 0.497 e. The maximum absolute atomic E-state index is 13.8. The Balaban J connectivity index is 1.89. The van der Waals surface area contributed by atoms with E-state index in [0.29, 0.717) is 33.0 Å². The van der Waals surface area contributed by atoms with Crippen molar-refractivity contribution < 1.29 is 17.9 Å². The molecule has 5 aromatic rings. The zero-order valence-corrected chi connectivity index (χ0v) is 17.6. The molecule has 0 N–H and O–H groups in total. The monoisotopic (exact) mass is 451 g/mol. The van der Waals surface area contributed by atoms with Crippen LogP contribution in [0.2, 0.25) is 0 Å². The van der Waals surface area contributed by atoms with Gasteiger partial charge >= 0.3 is 6.18 Å². The average Bonchev–Trinajstić information content (AvgIpc) is 3.47. The van der Waals surface area contributed by atoms with Gasteiger partial charge in [-0.1, -0.05) is 24.3 Å². The lowest BCUT2D eigenvalue weighted by atomic mass is 10.0. The van der Waals surface area contributed by atoms with Crippen molar-refractivity contribution >= 4 is 22.4 Å². The van der Waals surface area contributed by atoms with Crippen LogP contribution < -0.4 is 4.74 Å². The topological polar surface area (TPSA) is 39.9 Å². The van der Waals surface area contributed by atoms with Crippen LogP contribution in [0.1, 0.15) is 5.69 Å². The molecule has 0 radical (unpaired) electrons. The minimum Gasteiger partial charge on any atom is -0.497 e. The molecule has 8 heteroatoms. The van der Waals surface area contributed by atoms with Crippen LogP contribution in [-0.4, -0.2) is 21.9 Å². The van der Waals surface area contributed by atoms with E-state index in [1.807, 2.05) is 41.8 Å². The van der Waals surface area contributed by atoms with Gasteiger partial charge in [-0.2, -0.15) is 18.3 Å². The van der Waals surface area contributed by atoms with Crippen LogP contribution in [-0.2, 0) is 6.18 Å². The van der Waals surface area contributed by atoms with E-state index in [4.69, 9.17) is 9.84 Å². The number of hydrogen-bond acceptors (Lipinski definition) is 4. The SMILES string of the molecule is COc1ccc(-c2nn(-c3ccccc3)c3nc(C(F)(F)F)cc(-c4cccs4)c23)cc1. The normalized spacial score (nSPS) is 11.8. The molecule has 4 nitrogen and oxygen atoms in total. The Labute approximate surface area is 185 Å². The molecule has 0 aliphatic heterocycles. The van der Waals surface area contributed by atoms with Crippen molar-refractivity contribution in [2.75, 3.05) is 7.11 Å². The minimum absolute atomic E-state index is 0.153. The fourth-order valence-corrected chi connectivity index (χ4v) is 4.34. The number of benzene rings is 2. The quantitative estimate of drug-likeness (QED) is 0.300. The third kappa shape index (κ3) is 3.52. The van der Waals surface area contributed by atoms with E-state index in [1.165, 1.54) is 16.0 Å². The van der Waals surface area contributed by atoms with E-state index < -0.39 is 11.9 Å². The van der Waals surface area contributed by atoms with Crippen molar-refractivity contribution in [3.05, 3.63) is 83.9 Å². The Hall–Kier alpha value is -3.65. The summed E-state index contributed by atoms with van der Waals surface area (Å²) in [5.74, 6) is 0.677. The molecule has 0 aliphatic carbocycles. The first-order valence-electron chi connectivity index (χ1n) is 9.70. The van der Waals surface area contributed by atoms with Gasteiger partial charge in [0.25, 0.3) is 0 Å². The Morgan fingerprint density at radius 2 is 1.69 bits per heavy atom. The number of fused-ring (bicyclic) bond motifs is 1. The molecular formula is C24H16F3N3OS. The summed E-state index contributed by atoms with van der Waals surface area (Å²) in [5.41, 5.74) is 1.58. The molecule has 160 valence electrons. The Kier molecular flexibility index (Phi) is 4.94. The van der Waals surface area contributed by atoms with Crippen LogP contribution in [0.4, 0.5) is 13.2 Å². The summed E-state index contributed by atoms with van der Waals surface area (Å²) in [5, 5.41) is 7.13. The molecule has 0 bridgehead atoms. The number of halogens is 3. The number of nitrogens with zero attached hydrogens (tertiary/aromatic N) is 3. The van der Waals surface area contributed by atoms with Crippen LogP contribution in [0.5, 0.6) is 5.75 Å². The molecule has 0 saturated heterocycles. The molecule has 0 atom stereocenters. The van der Waals surface area contributed by atoms with Crippen LogP contribution in [0.15, 0.2) is 78.2 Å². The molecule has 3 aromatic heterocycles. The highest BCUT2D eigenvalue weighted by molar-refractivity contribution is 7.13. The Bertz CT molecular complexity index is 1380. The van der Waals surface area contributed by atoms with Gasteiger partial charge in [0.1, 0.15) is 17.1 Å². The maximum atomic E-state index is 13.8. The Morgan fingerprint density at radius 3 is 2.31 bits per heavy atom. The lowest BCUT2D eigenvalue weighted by Gasteiger charge is -2.10. The number of aromatic nitrogens is 3. The average molecular weight is 451 g/mol. The van der Waals surface area contributed by atoms with Crippen molar-refractivity contribution in [1.29, 1.82) is 0 Å². The summed E-state index contributed by atoms with van der Waals surface area (Å²) in [7, 11) is 1.58. The van der Waals surface area contributed by atoms with Crippen molar-refractivity contribution in [1.82, 2.24) is 14.8 Å². The van der Waals surface area contributed by atoms with Gasteiger partial charge in [-0.3, -0.25) is 0 Å². The van der Waals surface area contributed by atoms with Crippen LogP contribution in [0, 0.1) is 0 Å². The summed E-state index contributed by atoms with van der Waals surface area (Å²) in [6, 6.07) is 21.0. The number of hydrogen-bond donors (Lipinski definition) is 0. The molecule has 0 amide bonds. The first kappa shape index (κ1) is 20.3. The van der Waals surface area contributed by atoms with Crippen LogP contribution in [0.3, 0.4) is 0 Å². The van der Waals surface area contributed by atoms with Crippen molar-refractivity contribution in [2.45, 2.75) is 6.18 Å². The molecule has 2 aromatic carbocycles. The number of alkyl halides is 3. The number of methoxy groups -OCH3 is 1. The van der Waals surface area contributed by atoms with Gasteiger partial charge in [0.2, 0.25) is 0 Å². The highest BCUT2D eigenvalue weighted by Gasteiger charge is 2.35. The lowest BCUT2D eigenvalue weighted by Crippen LogP contribution is -2.09. The molecule has 0 fully saturated rings. The second-order valence-electron chi connectivity index (χ2n) is 7.05. The summed E-state index contributed by atoms with van der Waals surface area (Å²) >= 11 is 1.37. The molecule has 0 spiro atoms. The van der Waals surface area contributed by atoms with E-state index in [2.05, 4.69) is 4.98 Å². The third-order valence-electron chi connectivity index (χ3n) is 5.08. The summed E-state index contributed by atoms with van der Waals surface area (Å²) in [6.07, 6.45) is -4.59. The predicted octanol–water partition coefficient (Wildman–Crippen LogP) is 6.84. The van der Waals surface area contributed by atoms with E-state index in [9.17, 15) is 13.2 Å². The minimum atomic E-state index is -4.59. The van der Waals surface area contributed by atoms with E-state index >= 15 is 0 Å². The van der Waals surface area contributed by atoms with Gasteiger partial charge in [0.15, 0.2) is 5.65 Å². The maximum Gasteiger partial charge on any atom is 0.433 e. The lowest BCUT2D eigenvalue weighted by molar-refractivity contribution is -0.140. The van der Waals surface area contributed by atoms with Crippen LogP contribution >= 0.6 is 11.3 Å². The third-order valence-corrected chi connectivity index (χ3v) is 5.98. The van der Waals surface area contributed by atoms with E-state index in [-0.39, 0.29) is 5.65 Å². The van der Waals surface area contributed by atoms with Crippen molar-refractivity contribution in [2.24, 2.45) is 0 Å². The molecule has 5 rings (SSSR count). The Morgan fingerprint density at radius 1 is 0.938 bits per heavy atom. The zero-order chi connectivity index (χ0) is 22.3. The second-order valence-corrected chi connectivity index (χ2v) is 8.00. The number of ether oxygens (including phenoxy) is 1. The first-order valence-corrected chi connectivity index (χ1v) is 10.6. The van der Waals surface area contributed by atoms with Gasteiger partial charge in [0, 0.05) is 16.0 Å².